The second-order valence-electron chi connectivity index (χ2n) is 6.07. The van der Waals surface area contributed by atoms with Crippen LogP contribution in [0.15, 0.2) is 0 Å². The van der Waals surface area contributed by atoms with Crippen molar-refractivity contribution < 1.29 is 14.6 Å². The van der Waals surface area contributed by atoms with Crippen LogP contribution in [-0.4, -0.2) is 64.9 Å². The highest BCUT2D eigenvalue weighted by atomic mass is 16.6. The summed E-state index contributed by atoms with van der Waals surface area (Å²) in [5, 5.41) is 8.97. The lowest BCUT2D eigenvalue weighted by molar-refractivity contribution is -0.0167. The van der Waals surface area contributed by atoms with Gasteiger partial charge in [-0.05, 0) is 34.6 Å². The predicted octanol–water partition coefficient (Wildman–Crippen LogP) is 1.31. The maximum Gasteiger partial charge on any atom is 0.410 e. The SMILES string of the molecule is C[C@@H]1CN(CCO)C[C@@H](C)N1C(=O)OC(C)(C)C. The van der Waals surface area contributed by atoms with Gasteiger partial charge in [-0.1, -0.05) is 0 Å². The molecule has 1 N–H and O–H groups in total. The van der Waals surface area contributed by atoms with Gasteiger partial charge in [0.05, 0.1) is 6.61 Å². The van der Waals surface area contributed by atoms with Gasteiger partial charge in [0.2, 0.25) is 0 Å². The molecule has 0 saturated carbocycles. The first-order chi connectivity index (χ1) is 8.24. The zero-order chi connectivity index (χ0) is 13.9. The first-order valence-electron chi connectivity index (χ1n) is 6.59. The molecule has 5 nitrogen and oxygen atoms in total. The number of amides is 1. The maximum absolute atomic E-state index is 12.1. The van der Waals surface area contributed by atoms with Crippen molar-refractivity contribution in [1.82, 2.24) is 9.80 Å². The monoisotopic (exact) mass is 258 g/mol. The summed E-state index contributed by atoms with van der Waals surface area (Å²) < 4.78 is 5.43. The molecule has 0 spiro atoms. The van der Waals surface area contributed by atoms with E-state index in [9.17, 15) is 4.79 Å². The van der Waals surface area contributed by atoms with Crippen molar-refractivity contribution in [3.8, 4) is 0 Å². The Hall–Kier alpha value is -0.810. The van der Waals surface area contributed by atoms with Crippen LogP contribution >= 0.6 is 0 Å². The van der Waals surface area contributed by atoms with Crippen molar-refractivity contribution in [2.75, 3.05) is 26.2 Å². The summed E-state index contributed by atoms with van der Waals surface area (Å²) in [7, 11) is 0. The summed E-state index contributed by atoms with van der Waals surface area (Å²) in [5.74, 6) is 0. The first kappa shape index (κ1) is 15.2. The second kappa shape index (κ2) is 5.89. The molecule has 1 heterocycles. The molecule has 1 amide bonds. The minimum Gasteiger partial charge on any atom is -0.444 e. The van der Waals surface area contributed by atoms with E-state index in [0.717, 1.165) is 13.1 Å². The van der Waals surface area contributed by atoms with Crippen LogP contribution in [0.2, 0.25) is 0 Å². The Balaban J connectivity index is 2.64. The largest absolute Gasteiger partial charge is 0.444 e. The number of aliphatic hydroxyl groups excluding tert-OH is 1. The number of rotatable bonds is 2. The molecule has 2 atom stereocenters. The second-order valence-corrected chi connectivity index (χ2v) is 6.07. The molecular weight excluding hydrogens is 232 g/mol. The third kappa shape index (κ3) is 4.14. The van der Waals surface area contributed by atoms with Crippen LogP contribution in [-0.2, 0) is 4.74 Å². The van der Waals surface area contributed by atoms with Gasteiger partial charge in [0, 0.05) is 31.7 Å². The van der Waals surface area contributed by atoms with Crippen LogP contribution < -0.4 is 0 Å². The third-order valence-electron chi connectivity index (χ3n) is 3.02. The molecule has 1 aliphatic rings. The summed E-state index contributed by atoms with van der Waals surface area (Å²) in [6.07, 6.45) is -0.244. The van der Waals surface area contributed by atoms with E-state index in [1.807, 2.05) is 34.6 Å². The lowest BCUT2D eigenvalue weighted by Gasteiger charge is -2.44. The molecule has 0 unspecified atom stereocenters. The van der Waals surface area contributed by atoms with Gasteiger partial charge in [0.1, 0.15) is 5.60 Å². The topological polar surface area (TPSA) is 53.0 Å². The highest BCUT2D eigenvalue weighted by molar-refractivity contribution is 5.69. The summed E-state index contributed by atoms with van der Waals surface area (Å²) in [6, 6.07) is 0.213. The van der Waals surface area contributed by atoms with Crippen LogP contribution in [0.1, 0.15) is 34.6 Å². The zero-order valence-electron chi connectivity index (χ0n) is 12.1. The van der Waals surface area contributed by atoms with Crippen LogP contribution in [0, 0.1) is 0 Å². The van der Waals surface area contributed by atoms with Gasteiger partial charge in [-0.15, -0.1) is 0 Å². The number of hydrogen-bond acceptors (Lipinski definition) is 4. The van der Waals surface area contributed by atoms with Crippen molar-refractivity contribution in [3.63, 3.8) is 0 Å². The predicted molar refractivity (Wildman–Crippen MR) is 70.5 cm³/mol. The average molecular weight is 258 g/mol. The van der Waals surface area contributed by atoms with Crippen LogP contribution in [0.5, 0.6) is 0 Å². The van der Waals surface area contributed by atoms with Gasteiger partial charge in [-0.3, -0.25) is 4.90 Å². The normalized spacial score (nSPS) is 26.2. The molecule has 1 saturated heterocycles. The molecule has 18 heavy (non-hydrogen) atoms. The fourth-order valence-corrected chi connectivity index (χ4v) is 2.43. The molecule has 0 aromatic heterocycles. The van der Waals surface area contributed by atoms with Gasteiger partial charge in [0.15, 0.2) is 0 Å². The number of carbonyl (C=O) groups is 1. The lowest BCUT2D eigenvalue weighted by Crippen LogP contribution is -2.59. The maximum atomic E-state index is 12.1. The summed E-state index contributed by atoms with van der Waals surface area (Å²) in [5.41, 5.74) is -0.460. The smallest absolute Gasteiger partial charge is 0.410 e. The standard InChI is InChI=1S/C13H26N2O3/c1-10-8-14(6-7-16)9-11(2)15(10)12(17)18-13(3,4)5/h10-11,16H,6-9H2,1-5H3/t10-,11-/m1/s1. The molecule has 106 valence electrons. The zero-order valence-corrected chi connectivity index (χ0v) is 12.1. The Bertz CT molecular complexity index is 276. The lowest BCUT2D eigenvalue weighted by atomic mass is 10.1. The quantitative estimate of drug-likeness (QED) is 0.811. The first-order valence-corrected chi connectivity index (χ1v) is 6.59. The number of ether oxygens (including phenoxy) is 1. The Morgan fingerprint density at radius 1 is 1.28 bits per heavy atom. The molecule has 1 fully saturated rings. The van der Waals surface area contributed by atoms with E-state index in [-0.39, 0.29) is 24.8 Å². The number of β-amino-alcohol motifs (C(OH)–C–C–N with tert-alkyl or cyclic N) is 1. The van der Waals surface area contributed by atoms with Crippen LogP contribution in [0.25, 0.3) is 0 Å². The van der Waals surface area contributed by atoms with Crippen molar-refractivity contribution >= 4 is 6.09 Å². The van der Waals surface area contributed by atoms with Crippen molar-refractivity contribution in [2.24, 2.45) is 0 Å². The van der Waals surface area contributed by atoms with E-state index in [1.165, 1.54) is 0 Å². The number of hydrogen-bond donors (Lipinski definition) is 1. The van der Waals surface area contributed by atoms with Gasteiger partial charge < -0.3 is 14.7 Å². The molecule has 0 bridgehead atoms. The molecule has 0 aliphatic carbocycles. The molecule has 0 aromatic rings. The van der Waals surface area contributed by atoms with Gasteiger partial charge in [-0.2, -0.15) is 0 Å². The molecule has 0 radical (unpaired) electrons. The molecule has 5 heteroatoms. The van der Waals surface area contributed by atoms with Crippen molar-refractivity contribution in [3.05, 3.63) is 0 Å². The van der Waals surface area contributed by atoms with Crippen molar-refractivity contribution in [2.45, 2.75) is 52.3 Å². The van der Waals surface area contributed by atoms with E-state index in [2.05, 4.69) is 4.90 Å². The molecular formula is C13H26N2O3. The van der Waals surface area contributed by atoms with E-state index in [4.69, 9.17) is 9.84 Å². The van der Waals surface area contributed by atoms with E-state index < -0.39 is 5.60 Å². The summed E-state index contributed by atoms with van der Waals surface area (Å²) >= 11 is 0. The molecule has 0 aromatic carbocycles. The van der Waals surface area contributed by atoms with E-state index >= 15 is 0 Å². The fraction of sp³-hybridized carbons (Fsp3) is 0.923. The number of carbonyl (C=O) groups excluding carboxylic acids is 1. The van der Waals surface area contributed by atoms with Gasteiger partial charge in [0.25, 0.3) is 0 Å². The highest BCUT2D eigenvalue weighted by Crippen LogP contribution is 2.19. The van der Waals surface area contributed by atoms with Crippen LogP contribution in [0.3, 0.4) is 0 Å². The number of nitrogens with zero attached hydrogens (tertiary/aromatic N) is 2. The summed E-state index contributed by atoms with van der Waals surface area (Å²) in [4.78, 5) is 16.1. The van der Waals surface area contributed by atoms with Gasteiger partial charge in [-0.25, -0.2) is 4.79 Å². The fourth-order valence-electron chi connectivity index (χ4n) is 2.43. The van der Waals surface area contributed by atoms with Crippen LogP contribution in [0.4, 0.5) is 4.79 Å². The number of piperazine rings is 1. The minimum atomic E-state index is -0.460. The number of aliphatic hydroxyl groups is 1. The Morgan fingerprint density at radius 3 is 2.17 bits per heavy atom. The van der Waals surface area contributed by atoms with E-state index in [0.29, 0.717) is 6.54 Å². The van der Waals surface area contributed by atoms with Gasteiger partial charge >= 0.3 is 6.09 Å². The molecule has 1 rings (SSSR count). The Kier molecular flexibility index (Phi) is 4.99. The highest BCUT2D eigenvalue weighted by Gasteiger charge is 2.35. The minimum absolute atomic E-state index is 0.107. The van der Waals surface area contributed by atoms with Crippen molar-refractivity contribution in [1.29, 1.82) is 0 Å². The Labute approximate surface area is 110 Å². The average Bonchev–Trinajstić information content (AvgIpc) is 2.13. The third-order valence-corrected chi connectivity index (χ3v) is 3.02. The Morgan fingerprint density at radius 2 is 1.78 bits per heavy atom. The van der Waals surface area contributed by atoms with E-state index in [1.54, 1.807) is 4.90 Å². The molecule has 1 aliphatic heterocycles. The summed E-state index contributed by atoms with van der Waals surface area (Å²) in [6.45, 7) is 12.1.